The zero-order valence-electron chi connectivity index (χ0n) is 8.05. The molecule has 2 rings (SSSR count). The second kappa shape index (κ2) is 3.73. The van der Waals surface area contributed by atoms with Gasteiger partial charge < -0.3 is 10.2 Å². The molecule has 1 aromatic carbocycles. The van der Waals surface area contributed by atoms with Crippen molar-refractivity contribution in [1.82, 2.24) is 0 Å². The molecule has 0 spiro atoms. The van der Waals surface area contributed by atoms with Gasteiger partial charge in [0.25, 0.3) is 0 Å². The molecular weight excluding hydrogens is 194 g/mol. The maximum atomic E-state index is 10.7. The molecule has 0 aliphatic carbocycles. The molecule has 4 heteroatoms. The van der Waals surface area contributed by atoms with Crippen LogP contribution in [0, 0.1) is 0 Å². The van der Waals surface area contributed by atoms with E-state index in [1.807, 2.05) is 0 Å². The number of carboxylic acid groups (broad SMARTS) is 1. The van der Waals surface area contributed by atoms with Gasteiger partial charge in [0.05, 0.1) is 0 Å². The standard InChI is InChI=1S/C11H11NO3/c13-8-3-1-7(2-4-8)9-5-6-10(12-9)11(14)15/h1-4,10,13H,5-6H2,(H,14,15)/t10-/m0/s1. The molecule has 0 unspecified atom stereocenters. The molecule has 2 N–H and O–H groups in total. The predicted molar refractivity (Wildman–Crippen MR) is 55.3 cm³/mol. The summed E-state index contributed by atoms with van der Waals surface area (Å²) in [4.78, 5) is 14.8. The zero-order chi connectivity index (χ0) is 10.8. The lowest BCUT2D eigenvalue weighted by atomic mass is 10.1. The van der Waals surface area contributed by atoms with E-state index in [0.717, 1.165) is 11.3 Å². The Morgan fingerprint density at radius 2 is 2.00 bits per heavy atom. The molecule has 0 fully saturated rings. The van der Waals surface area contributed by atoms with Crippen LogP contribution in [0.4, 0.5) is 0 Å². The molecule has 0 radical (unpaired) electrons. The van der Waals surface area contributed by atoms with Crippen molar-refractivity contribution < 1.29 is 15.0 Å². The molecule has 78 valence electrons. The average Bonchev–Trinajstić information content (AvgIpc) is 2.68. The second-order valence-electron chi connectivity index (χ2n) is 3.52. The van der Waals surface area contributed by atoms with Gasteiger partial charge in [0.2, 0.25) is 0 Å². The van der Waals surface area contributed by atoms with Gasteiger partial charge in [-0.15, -0.1) is 0 Å². The lowest BCUT2D eigenvalue weighted by Gasteiger charge is -1.99. The van der Waals surface area contributed by atoms with Crippen molar-refractivity contribution in [3.63, 3.8) is 0 Å². The van der Waals surface area contributed by atoms with Crippen LogP contribution in [-0.4, -0.2) is 27.9 Å². The summed E-state index contributed by atoms with van der Waals surface area (Å²) in [6, 6.07) is 6.04. The quantitative estimate of drug-likeness (QED) is 0.767. The van der Waals surface area contributed by atoms with Crippen molar-refractivity contribution >= 4 is 11.7 Å². The number of aliphatic carboxylic acids is 1. The fraction of sp³-hybridized carbons (Fsp3) is 0.273. The molecule has 0 bridgehead atoms. The smallest absolute Gasteiger partial charge is 0.328 e. The molecule has 1 aliphatic rings. The van der Waals surface area contributed by atoms with Crippen molar-refractivity contribution in [2.75, 3.05) is 0 Å². The van der Waals surface area contributed by atoms with Gasteiger partial charge in [-0.2, -0.15) is 0 Å². The summed E-state index contributed by atoms with van der Waals surface area (Å²) >= 11 is 0. The van der Waals surface area contributed by atoms with Gasteiger partial charge in [-0.25, -0.2) is 4.79 Å². The molecule has 0 saturated heterocycles. The third kappa shape index (κ3) is 1.98. The maximum Gasteiger partial charge on any atom is 0.328 e. The first kappa shape index (κ1) is 9.71. The van der Waals surface area contributed by atoms with E-state index in [0.29, 0.717) is 12.8 Å². The Morgan fingerprint density at radius 1 is 1.33 bits per heavy atom. The average molecular weight is 205 g/mol. The lowest BCUT2D eigenvalue weighted by Crippen LogP contribution is -2.13. The third-order valence-corrected chi connectivity index (χ3v) is 2.45. The number of carboxylic acids is 1. The summed E-state index contributed by atoms with van der Waals surface area (Å²) in [6.45, 7) is 0. The van der Waals surface area contributed by atoms with E-state index in [4.69, 9.17) is 10.2 Å². The number of carbonyl (C=O) groups is 1. The van der Waals surface area contributed by atoms with E-state index in [1.54, 1.807) is 24.3 Å². The Labute approximate surface area is 86.9 Å². The summed E-state index contributed by atoms with van der Waals surface area (Å²) in [5.41, 5.74) is 1.69. The Balaban J connectivity index is 2.22. The highest BCUT2D eigenvalue weighted by Crippen LogP contribution is 2.20. The van der Waals surface area contributed by atoms with Crippen LogP contribution in [0.3, 0.4) is 0 Å². The zero-order valence-corrected chi connectivity index (χ0v) is 8.05. The molecule has 1 aliphatic heterocycles. The van der Waals surface area contributed by atoms with E-state index < -0.39 is 12.0 Å². The van der Waals surface area contributed by atoms with Crippen molar-refractivity contribution in [3.05, 3.63) is 29.8 Å². The minimum absolute atomic E-state index is 0.201. The molecule has 4 nitrogen and oxygen atoms in total. The van der Waals surface area contributed by atoms with Gasteiger partial charge in [-0.05, 0) is 42.7 Å². The van der Waals surface area contributed by atoms with Crippen molar-refractivity contribution in [1.29, 1.82) is 0 Å². The van der Waals surface area contributed by atoms with Crippen LogP contribution >= 0.6 is 0 Å². The number of hydrogen-bond acceptors (Lipinski definition) is 3. The number of hydrogen-bond donors (Lipinski definition) is 2. The number of nitrogens with zero attached hydrogens (tertiary/aromatic N) is 1. The van der Waals surface area contributed by atoms with Gasteiger partial charge in [0.1, 0.15) is 11.8 Å². The van der Waals surface area contributed by atoms with E-state index in [2.05, 4.69) is 4.99 Å². The fourth-order valence-electron chi connectivity index (χ4n) is 1.64. The minimum Gasteiger partial charge on any atom is -0.508 e. The SMILES string of the molecule is O=C(O)[C@@H]1CCC(c2ccc(O)cc2)=N1. The van der Waals surface area contributed by atoms with Crippen LogP contribution < -0.4 is 0 Å². The Morgan fingerprint density at radius 3 is 2.53 bits per heavy atom. The van der Waals surface area contributed by atoms with E-state index in [9.17, 15) is 4.79 Å². The number of aromatic hydroxyl groups is 1. The summed E-state index contributed by atoms with van der Waals surface area (Å²) in [6.07, 6.45) is 1.24. The van der Waals surface area contributed by atoms with Crippen molar-refractivity contribution in [3.8, 4) is 5.75 Å². The highest BCUT2D eigenvalue weighted by Gasteiger charge is 2.23. The third-order valence-electron chi connectivity index (χ3n) is 2.45. The molecule has 0 amide bonds. The monoisotopic (exact) mass is 205 g/mol. The van der Waals surface area contributed by atoms with E-state index in [1.165, 1.54) is 0 Å². The van der Waals surface area contributed by atoms with Gasteiger partial charge in [-0.1, -0.05) is 0 Å². The minimum atomic E-state index is -0.872. The second-order valence-corrected chi connectivity index (χ2v) is 3.52. The van der Waals surface area contributed by atoms with Crippen LogP contribution in [-0.2, 0) is 4.79 Å². The number of benzene rings is 1. The highest BCUT2D eigenvalue weighted by atomic mass is 16.4. The number of phenolic OH excluding ortho intramolecular Hbond substituents is 1. The van der Waals surface area contributed by atoms with Gasteiger partial charge in [-0.3, -0.25) is 4.99 Å². The molecule has 1 aromatic rings. The first-order chi connectivity index (χ1) is 7.16. The topological polar surface area (TPSA) is 69.9 Å². The number of aliphatic imine (C=N–C) groups is 1. The first-order valence-corrected chi connectivity index (χ1v) is 4.75. The maximum absolute atomic E-state index is 10.7. The lowest BCUT2D eigenvalue weighted by molar-refractivity contribution is -0.138. The van der Waals surface area contributed by atoms with Crippen LogP contribution in [0.5, 0.6) is 5.75 Å². The van der Waals surface area contributed by atoms with Gasteiger partial charge >= 0.3 is 5.97 Å². The molecular formula is C11H11NO3. The van der Waals surface area contributed by atoms with Crippen molar-refractivity contribution in [2.24, 2.45) is 4.99 Å². The predicted octanol–water partition coefficient (Wildman–Crippen LogP) is 1.43. The summed E-state index contributed by atoms with van der Waals surface area (Å²) in [5, 5.41) is 17.9. The largest absolute Gasteiger partial charge is 0.508 e. The molecule has 1 atom stereocenters. The number of phenols is 1. The summed E-state index contributed by atoms with van der Waals surface area (Å²) in [7, 11) is 0. The Bertz CT molecular complexity index is 408. The van der Waals surface area contributed by atoms with Gasteiger partial charge in [0, 0.05) is 5.71 Å². The van der Waals surface area contributed by atoms with Crippen LogP contribution in [0.25, 0.3) is 0 Å². The molecule has 0 saturated carbocycles. The van der Waals surface area contributed by atoms with Gasteiger partial charge in [0.15, 0.2) is 0 Å². The first-order valence-electron chi connectivity index (χ1n) is 4.75. The summed E-state index contributed by atoms with van der Waals surface area (Å²) in [5.74, 6) is -0.670. The molecule has 0 aromatic heterocycles. The summed E-state index contributed by atoms with van der Waals surface area (Å²) < 4.78 is 0. The van der Waals surface area contributed by atoms with E-state index >= 15 is 0 Å². The van der Waals surface area contributed by atoms with Crippen molar-refractivity contribution in [2.45, 2.75) is 18.9 Å². The molecule has 15 heavy (non-hydrogen) atoms. The normalized spacial score (nSPS) is 20.0. The van der Waals surface area contributed by atoms with E-state index in [-0.39, 0.29) is 5.75 Å². The number of rotatable bonds is 2. The van der Waals surface area contributed by atoms with Crippen LogP contribution in [0.2, 0.25) is 0 Å². The fourth-order valence-corrected chi connectivity index (χ4v) is 1.64. The molecule has 1 heterocycles. The highest BCUT2D eigenvalue weighted by molar-refractivity contribution is 6.03. The van der Waals surface area contributed by atoms with Crippen LogP contribution in [0.15, 0.2) is 29.3 Å². The Kier molecular flexibility index (Phi) is 2.41. The Hall–Kier alpha value is -1.84. The van der Waals surface area contributed by atoms with Crippen LogP contribution in [0.1, 0.15) is 18.4 Å².